The van der Waals surface area contributed by atoms with E-state index in [0.29, 0.717) is 5.75 Å². The van der Waals surface area contributed by atoms with Gasteiger partial charge in [-0.25, -0.2) is 0 Å². The fourth-order valence-corrected chi connectivity index (χ4v) is 2.09. The van der Waals surface area contributed by atoms with Crippen LogP contribution in [0.15, 0.2) is 60.9 Å². The van der Waals surface area contributed by atoms with Crippen LogP contribution in [0.4, 0.5) is 0 Å². The average Bonchev–Trinajstić information content (AvgIpc) is 2.44. The number of rotatable bonds is 2. The van der Waals surface area contributed by atoms with Crippen LogP contribution >= 0.6 is 11.6 Å². The molecule has 2 aromatic carbocycles. The third-order valence-electron chi connectivity index (χ3n) is 2.69. The molecule has 2 nitrogen and oxygen atoms in total. The SMILES string of the molecule is Clc1ccc(Oc2cccnc2)c2ccccc12. The quantitative estimate of drug-likeness (QED) is 0.663. The molecule has 3 aromatic rings. The van der Waals surface area contributed by atoms with Crippen molar-refractivity contribution in [2.45, 2.75) is 0 Å². The van der Waals surface area contributed by atoms with Gasteiger partial charge >= 0.3 is 0 Å². The van der Waals surface area contributed by atoms with Gasteiger partial charge in [-0.15, -0.1) is 0 Å². The summed E-state index contributed by atoms with van der Waals surface area (Å²) >= 11 is 6.16. The standard InChI is InChI=1S/C15H10ClNO/c16-14-7-8-15(13-6-2-1-5-12(13)14)18-11-4-3-9-17-10-11/h1-10H. The monoisotopic (exact) mass is 255 g/mol. The second-order valence-electron chi connectivity index (χ2n) is 3.88. The highest BCUT2D eigenvalue weighted by Crippen LogP contribution is 2.33. The molecule has 0 bridgehead atoms. The zero-order valence-electron chi connectivity index (χ0n) is 9.51. The Labute approximate surface area is 110 Å². The van der Waals surface area contributed by atoms with Crippen LogP contribution in [-0.4, -0.2) is 4.98 Å². The Morgan fingerprint density at radius 2 is 1.72 bits per heavy atom. The number of halogens is 1. The highest BCUT2D eigenvalue weighted by molar-refractivity contribution is 6.35. The number of nitrogens with zero attached hydrogens (tertiary/aromatic N) is 1. The Kier molecular flexibility index (Phi) is 2.87. The predicted molar refractivity (Wildman–Crippen MR) is 73.3 cm³/mol. The van der Waals surface area contributed by atoms with Gasteiger partial charge in [-0.1, -0.05) is 35.9 Å². The number of fused-ring (bicyclic) bond motifs is 1. The molecule has 0 radical (unpaired) electrons. The van der Waals surface area contributed by atoms with E-state index >= 15 is 0 Å². The summed E-state index contributed by atoms with van der Waals surface area (Å²) in [4.78, 5) is 4.03. The minimum Gasteiger partial charge on any atom is -0.455 e. The van der Waals surface area contributed by atoms with E-state index in [9.17, 15) is 0 Å². The minimum absolute atomic E-state index is 0.713. The molecule has 0 saturated carbocycles. The van der Waals surface area contributed by atoms with Crippen molar-refractivity contribution in [1.29, 1.82) is 0 Å². The summed E-state index contributed by atoms with van der Waals surface area (Å²) < 4.78 is 5.83. The largest absolute Gasteiger partial charge is 0.455 e. The fourth-order valence-electron chi connectivity index (χ4n) is 1.86. The summed E-state index contributed by atoms with van der Waals surface area (Å²) in [7, 11) is 0. The molecule has 0 atom stereocenters. The Morgan fingerprint density at radius 1 is 0.889 bits per heavy atom. The first-order valence-electron chi connectivity index (χ1n) is 5.60. The van der Waals surface area contributed by atoms with E-state index in [4.69, 9.17) is 16.3 Å². The van der Waals surface area contributed by atoms with Crippen molar-refractivity contribution >= 4 is 22.4 Å². The van der Waals surface area contributed by atoms with E-state index in [0.717, 1.165) is 21.5 Å². The van der Waals surface area contributed by atoms with Gasteiger partial charge in [0.05, 0.1) is 6.20 Å². The highest BCUT2D eigenvalue weighted by atomic mass is 35.5. The van der Waals surface area contributed by atoms with Gasteiger partial charge in [0, 0.05) is 22.0 Å². The maximum Gasteiger partial charge on any atom is 0.145 e. The van der Waals surface area contributed by atoms with Crippen molar-refractivity contribution in [2.24, 2.45) is 0 Å². The molecule has 0 aliphatic carbocycles. The van der Waals surface area contributed by atoms with Crippen LogP contribution in [-0.2, 0) is 0 Å². The van der Waals surface area contributed by atoms with Crippen LogP contribution in [0.5, 0.6) is 11.5 Å². The zero-order chi connectivity index (χ0) is 12.4. The van der Waals surface area contributed by atoms with Gasteiger partial charge in [-0.05, 0) is 24.3 Å². The molecule has 3 heteroatoms. The van der Waals surface area contributed by atoms with Crippen molar-refractivity contribution < 1.29 is 4.74 Å². The van der Waals surface area contributed by atoms with E-state index in [1.165, 1.54) is 0 Å². The molecule has 0 aliphatic heterocycles. The van der Waals surface area contributed by atoms with Crippen molar-refractivity contribution in [2.75, 3.05) is 0 Å². The number of ether oxygens (including phenoxy) is 1. The molecule has 18 heavy (non-hydrogen) atoms. The fraction of sp³-hybridized carbons (Fsp3) is 0. The van der Waals surface area contributed by atoms with Gasteiger partial charge in [0.1, 0.15) is 11.5 Å². The smallest absolute Gasteiger partial charge is 0.145 e. The molecule has 0 unspecified atom stereocenters. The van der Waals surface area contributed by atoms with E-state index in [1.807, 2.05) is 48.5 Å². The van der Waals surface area contributed by atoms with Crippen molar-refractivity contribution in [3.05, 3.63) is 65.9 Å². The number of hydrogen-bond donors (Lipinski definition) is 0. The van der Waals surface area contributed by atoms with Crippen LogP contribution in [0.25, 0.3) is 10.8 Å². The lowest BCUT2D eigenvalue weighted by molar-refractivity contribution is 0.486. The number of hydrogen-bond acceptors (Lipinski definition) is 2. The summed E-state index contributed by atoms with van der Waals surface area (Å²) in [6.45, 7) is 0. The minimum atomic E-state index is 0.713. The second kappa shape index (κ2) is 4.67. The van der Waals surface area contributed by atoms with E-state index < -0.39 is 0 Å². The molecule has 0 fully saturated rings. The molecular formula is C15H10ClNO. The summed E-state index contributed by atoms with van der Waals surface area (Å²) in [5.41, 5.74) is 0. The van der Waals surface area contributed by atoms with Crippen molar-refractivity contribution in [1.82, 2.24) is 4.98 Å². The van der Waals surface area contributed by atoms with Crippen LogP contribution in [0.3, 0.4) is 0 Å². The molecule has 0 N–H and O–H groups in total. The first-order chi connectivity index (χ1) is 8.84. The van der Waals surface area contributed by atoms with Crippen LogP contribution < -0.4 is 4.74 Å². The average molecular weight is 256 g/mol. The van der Waals surface area contributed by atoms with E-state index in [2.05, 4.69) is 4.98 Å². The Bertz CT molecular complexity index is 682. The Balaban J connectivity index is 2.10. The maximum absolute atomic E-state index is 6.16. The van der Waals surface area contributed by atoms with Gasteiger partial charge in [0.2, 0.25) is 0 Å². The van der Waals surface area contributed by atoms with Crippen molar-refractivity contribution in [3.8, 4) is 11.5 Å². The highest BCUT2D eigenvalue weighted by Gasteiger charge is 2.05. The zero-order valence-corrected chi connectivity index (χ0v) is 10.3. The molecule has 1 heterocycles. The summed E-state index contributed by atoms with van der Waals surface area (Å²) in [6, 6.07) is 15.3. The van der Waals surface area contributed by atoms with Gasteiger partial charge in [-0.3, -0.25) is 4.98 Å². The summed E-state index contributed by atoms with van der Waals surface area (Å²) in [5, 5.41) is 2.71. The van der Waals surface area contributed by atoms with E-state index in [1.54, 1.807) is 12.4 Å². The summed E-state index contributed by atoms with van der Waals surface area (Å²) in [5.74, 6) is 1.49. The first-order valence-corrected chi connectivity index (χ1v) is 5.97. The predicted octanol–water partition coefficient (Wildman–Crippen LogP) is 4.68. The number of benzene rings is 2. The van der Waals surface area contributed by atoms with Crippen LogP contribution in [0, 0.1) is 0 Å². The van der Waals surface area contributed by atoms with Gasteiger partial charge in [0.15, 0.2) is 0 Å². The lowest BCUT2D eigenvalue weighted by atomic mass is 10.1. The van der Waals surface area contributed by atoms with Gasteiger partial charge < -0.3 is 4.74 Å². The van der Waals surface area contributed by atoms with Crippen molar-refractivity contribution in [3.63, 3.8) is 0 Å². The lowest BCUT2D eigenvalue weighted by Crippen LogP contribution is -1.86. The molecule has 0 aliphatic rings. The molecule has 0 spiro atoms. The van der Waals surface area contributed by atoms with E-state index in [-0.39, 0.29) is 0 Å². The Morgan fingerprint density at radius 3 is 2.50 bits per heavy atom. The van der Waals surface area contributed by atoms with Crippen LogP contribution in [0.1, 0.15) is 0 Å². The van der Waals surface area contributed by atoms with Gasteiger partial charge in [-0.2, -0.15) is 0 Å². The topological polar surface area (TPSA) is 22.1 Å². The third kappa shape index (κ3) is 2.03. The second-order valence-corrected chi connectivity index (χ2v) is 4.29. The maximum atomic E-state index is 6.16. The molecule has 3 rings (SSSR count). The normalized spacial score (nSPS) is 10.5. The van der Waals surface area contributed by atoms with Gasteiger partial charge in [0.25, 0.3) is 0 Å². The lowest BCUT2D eigenvalue weighted by Gasteiger charge is -2.09. The Hall–Kier alpha value is -2.06. The molecule has 0 amide bonds. The summed E-state index contributed by atoms with van der Waals surface area (Å²) in [6.07, 6.45) is 3.40. The molecule has 0 saturated heterocycles. The first kappa shape index (κ1) is 11.1. The molecule has 1 aromatic heterocycles. The third-order valence-corrected chi connectivity index (χ3v) is 3.02. The van der Waals surface area contributed by atoms with Crippen LogP contribution in [0.2, 0.25) is 5.02 Å². The number of aromatic nitrogens is 1. The number of pyridine rings is 1. The molecule has 88 valence electrons. The molecular weight excluding hydrogens is 246 g/mol.